The van der Waals surface area contributed by atoms with E-state index in [0.29, 0.717) is 0 Å². The zero-order valence-electron chi connectivity index (χ0n) is 8.29. The predicted octanol–water partition coefficient (Wildman–Crippen LogP) is -0.901. The first-order valence-electron chi connectivity index (χ1n) is 3.58. The van der Waals surface area contributed by atoms with Crippen molar-refractivity contribution >= 4 is 8.80 Å². The topological polar surface area (TPSA) is 30.0 Å². The third kappa shape index (κ3) is 2.00. The van der Waals surface area contributed by atoms with Gasteiger partial charge in [0.05, 0.1) is 0 Å². The van der Waals surface area contributed by atoms with E-state index in [1.54, 1.807) is 0 Å². The smallest absolute Gasteiger partial charge is 0.396 e. The Kier molecular flexibility index (Phi) is 3.66. The predicted molar refractivity (Wildman–Crippen MR) is 49.0 cm³/mol. The second-order valence-electron chi connectivity index (χ2n) is 3.28. The van der Waals surface area contributed by atoms with E-state index in [4.69, 9.17) is 0 Å². The van der Waals surface area contributed by atoms with Gasteiger partial charge in [0.25, 0.3) is 0 Å². The van der Waals surface area contributed by atoms with Gasteiger partial charge in [0.2, 0.25) is 0 Å². The molecule has 0 unspecified atom stereocenters. The van der Waals surface area contributed by atoms with Crippen molar-refractivity contribution in [1.29, 1.82) is 0 Å². The maximum absolute atomic E-state index is 10.2. The number of nitrogens with zero attached hydrogens (tertiary/aromatic N) is 3. The molecule has 0 saturated heterocycles. The van der Waals surface area contributed by atoms with E-state index in [-0.39, 0.29) is 0 Å². The van der Waals surface area contributed by atoms with Gasteiger partial charge in [-0.1, -0.05) is 0 Å². The zero-order chi connectivity index (χ0) is 9.23. The molecule has 0 atom stereocenters. The van der Waals surface area contributed by atoms with Crippen molar-refractivity contribution in [2.45, 2.75) is 0 Å². The highest BCUT2D eigenvalue weighted by Crippen LogP contribution is 2.06. The van der Waals surface area contributed by atoms with Gasteiger partial charge < -0.3 is 4.80 Å². The average molecular weight is 177 g/mol. The molecule has 0 aliphatic rings. The maximum Gasteiger partial charge on any atom is 0.444 e. The highest BCUT2D eigenvalue weighted by Gasteiger charge is 2.41. The second kappa shape index (κ2) is 3.64. The Morgan fingerprint density at radius 1 is 0.727 bits per heavy atom. The van der Waals surface area contributed by atoms with Crippen LogP contribution in [0.5, 0.6) is 0 Å². The van der Waals surface area contributed by atoms with E-state index in [2.05, 4.69) is 0 Å². The summed E-state index contributed by atoms with van der Waals surface area (Å²) in [7, 11) is 8.89. The van der Waals surface area contributed by atoms with Crippen LogP contribution in [0.4, 0.5) is 0 Å². The molecule has 1 N–H and O–H groups in total. The van der Waals surface area contributed by atoms with E-state index in [9.17, 15) is 4.80 Å². The summed E-state index contributed by atoms with van der Waals surface area (Å²) < 4.78 is 5.65. The number of hydrogen-bond acceptors (Lipinski definition) is 4. The molecule has 0 aromatic carbocycles. The van der Waals surface area contributed by atoms with Crippen LogP contribution in [0.15, 0.2) is 0 Å². The minimum Gasteiger partial charge on any atom is -0.396 e. The summed E-state index contributed by atoms with van der Waals surface area (Å²) in [4.78, 5) is 10.2. The Hall–Kier alpha value is 0.0569. The normalized spacial score (nSPS) is 13.6. The van der Waals surface area contributed by atoms with Crippen LogP contribution >= 0.6 is 0 Å². The van der Waals surface area contributed by atoms with Crippen molar-refractivity contribution in [3.05, 3.63) is 0 Å². The highest BCUT2D eigenvalue weighted by atomic mass is 28.4. The number of hydrogen-bond donors (Lipinski definition) is 1. The third-order valence-corrected chi connectivity index (χ3v) is 5.40. The van der Waals surface area contributed by atoms with Gasteiger partial charge in [-0.25, -0.2) is 0 Å². The molecular weight excluding hydrogens is 158 g/mol. The summed E-state index contributed by atoms with van der Waals surface area (Å²) in [6.45, 7) is 0. The van der Waals surface area contributed by atoms with E-state index in [0.717, 1.165) is 0 Å². The highest BCUT2D eigenvalue weighted by molar-refractivity contribution is 6.63. The molecule has 0 aromatic heterocycles. The van der Waals surface area contributed by atoms with Crippen LogP contribution in [-0.4, -0.2) is 69.6 Å². The number of rotatable bonds is 3. The van der Waals surface area contributed by atoms with Gasteiger partial charge in [-0.3, -0.25) is 13.7 Å². The lowest BCUT2D eigenvalue weighted by molar-refractivity contribution is 0.247. The van der Waals surface area contributed by atoms with Gasteiger partial charge in [-0.2, -0.15) is 0 Å². The lowest BCUT2D eigenvalue weighted by atomic mass is 11.2. The molecular formula is C6H19N3OSi. The fourth-order valence-electron chi connectivity index (χ4n) is 1.20. The molecule has 4 nitrogen and oxygen atoms in total. The molecule has 0 radical (unpaired) electrons. The summed E-state index contributed by atoms with van der Waals surface area (Å²) in [5.74, 6) is 0. The van der Waals surface area contributed by atoms with Gasteiger partial charge in [0.1, 0.15) is 0 Å². The summed E-state index contributed by atoms with van der Waals surface area (Å²) in [5.41, 5.74) is 0. The molecule has 11 heavy (non-hydrogen) atoms. The lowest BCUT2D eigenvalue weighted by Gasteiger charge is -2.40. The summed E-state index contributed by atoms with van der Waals surface area (Å²) in [5, 5.41) is 0. The van der Waals surface area contributed by atoms with Crippen molar-refractivity contribution in [2.75, 3.05) is 42.3 Å². The monoisotopic (exact) mass is 177 g/mol. The molecule has 0 amide bonds. The molecule has 0 spiro atoms. The van der Waals surface area contributed by atoms with Crippen LogP contribution in [0, 0.1) is 0 Å². The molecule has 0 aliphatic carbocycles. The maximum atomic E-state index is 10.2. The third-order valence-electron chi connectivity index (χ3n) is 1.80. The molecule has 0 fully saturated rings. The molecule has 0 aliphatic heterocycles. The molecule has 5 heteroatoms. The van der Waals surface area contributed by atoms with Gasteiger partial charge in [-0.05, 0) is 42.3 Å². The van der Waals surface area contributed by atoms with Gasteiger partial charge in [0.15, 0.2) is 0 Å². The first-order valence-corrected chi connectivity index (χ1v) is 5.37. The molecule has 0 heterocycles. The van der Waals surface area contributed by atoms with E-state index in [1.807, 2.05) is 56.0 Å². The van der Waals surface area contributed by atoms with Crippen molar-refractivity contribution in [1.82, 2.24) is 13.7 Å². The standard InChI is InChI=1S/C6H19N3OSi/c1-7(2)11(10,8(3)4)9(5)6/h10H,1-6H3. The van der Waals surface area contributed by atoms with Crippen LogP contribution in [0.3, 0.4) is 0 Å². The minimum atomic E-state index is -2.48. The van der Waals surface area contributed by atoms with Crippen molar-refractivity contribution in [3.63, 3.8) is 0 Å². The Labute approximate surface area is 70.4 Å². The van der Waals surface area contributed by atoms with E-state index in [1.165, 1.54) is 0 Å². The van der Waals surface area contributed by atoms with Crippen LogP contribution < -0.4 is 0 Å². The Morgan fingerprint density at radius 3 is 0.909 bits per heavy atom. The Morgan fingerprint density at radius 2 is 0.909 bits per heavy atom. The second-order valence-corrected chi connectivity index (χ2v) is 7.17. The first kappa shape index (κ1) is 11.1. The lowest BCUT2D eigenvalue weighted by Crippen LogP contribution is -2.70. The van der Waals surface area contributed by atoms with Crippen LogP contribution in [-0.2, 0) is 0 Å². The average Bonchev–Trinajstić information content (AvgIpc) is 1.84. The Balaban J connectivity index is 4.53. The Bertz CT molecular complexity index is 105. The van der Waals surface area contributed by atoms with Crippen LogP contribution in [0.2, 0.25) is 0 Å². The quantitative estimate of drug-likeness (QED) is 0.566. The molecule has 0 aromatic rings. The summed E-state index contributed by atoms with van der Waals surface area (Å²) >= 11 is 0. The molecule has 0 bridgehead atoms. The summed E-state index contributed by atoms with van der Waals surface area (Å²) in [6, 6.07) is 0. The van der Waals surface area contributed by atoms with E-state index >= 15 is 0 Å². The molecule has 68 valence electrons. The van der Waals surface area contributed by atoms with Crippen molar-refractivity contribution in [3.8, 4) is 0 Å². The van der Waals surface area contributed by atoms with Crippen LogP contribution in [0.25, 0.3) is 0 Å². The van der Waals surface area contributed by atoms with Gasteiger partial charge in [0, 0.05) is 0 Å². The van der Waals surface area contributed by atoms with E-state index < -0.39 is 8.80 Å². The van der Waals surface area contributed by atoms with Crippen LogP contribution in [0.1, 0.15) is 0 Å². The SMILES string of the molecule is CN(C)[Si](O)(N(C)C)N(C)C. The fraction of sp³-hybridized carbons (Fsp3) is 1.00. The van der Waals surface area contributed by atoms with Gasteiger partial charge in [-0.15, -0.1) is 0 Å². The fourth-order valence-corrected chi connectivity index (χ4v) is 3.60. The largest absolute Gasteiger partial charge is 0.444 e. The van der Waals surface area contributed by atoms with Gasteiger partial charge >= 0.3 is 8.80 Å². The first-order chi connectivity index (χ1) is 4.83. The zero-order valence-corrected chi connectivity index (χ0v) is 9.29. The van der Waals surface area contributed by atoms with Crippen molar-refractivity contribution in [2.24, 2.45) is 0 Å². The molecule has 0 rings (SSSR count). The van der Waals surface area contributed by atoms with Crippen molar-refractivity contribution < 1.29 is 4.80 Å². The summed E-state index contributed by atoms with van der Waals surface area (Å²) in [6.07, 6.45) is 0. The molecule has 0 saturated carbocycles. The minimum absolute atomic E-state index is 1.88.